The zero-order chi connectivity index (χ0) is 12.3. The van der Waals surface area contributed by atoms with Gasteiger partial charge in [0, 0.05) is 18.8 Å². The minimum Gasteiger partial charge on any atom is -0.328 e. The van der Waals surface area contributed by atoms with Crippen molar-refractivity contribution < 1.29 is 0 Å². The Kier molecular flexibility index (Phi) is 4.54. The van der Waals surface area contributed by atoms with E-state index in [0.29, 0.717) is 12.0 Å². The lowest BCUT2D eigenvalue weighted by Crippen LogP contribution is -2.22. The van der Waals surface area contributed by atoms with Crippen LogP contribution in [0.4, 0.5) is 0 Å². The van der Waals surface area contributed by atoms with Crippen molar-refractivity contribution in [3.63, 3.8) is 0 Å². The molecule has 0 aliphatic heterocycles. The zero-order valence-electron chi connectivity index (χ0n) is 11.2. The average molecular weight is 223 g/mol. The number of hydrogen-bond donors (Lipinski definition) is 1. The van der Waals surface area contributed by atoms with Crippen molar-refractivity contribution >= 4 is 0 Å². The maximum Gasteiger partial charge on any atom is 0.0628 e. The van der Waals surface area contributed by atoms with Crippen LogP contribution in [0.2, 0.25) is 0 Å². The molecule has 92 valence electrons. The highest BCUT2D eigenvalue weighted by atomic mass is 15.3. The maximum atomic E-state index is 6.10. The zero-order valence-corrected chi connectivity index (χ0v) is 11.2. The van der Waals surface area contributed by atoms with E-state index in [-0.39, 0.29) is 0 Å². The van der Waals surface area contributed by atoms with Crippen LogP contribution in [0, 0.1) is 19.8 Å². The van der Waals surface area contributed by atoms with Gasteiger partial charge in [0.2, 0.25) is 0 Å². The van der Waals surface area contributed by atoms with Crippen molar-refractivity contribution in [2.24, 2.45) is 18.7 Å². The third-order valence-electron chi connectivity index (χ3n) is 3.20. The second-order valence-corrected chi connectivity index (χ2v) is 5.20. The molecule has 16 heavy (non-hydrogen) atoms. The summed E-state index contributed by atoms with van der Waals surface area (Å²) in [6.07, 6.45) is 3.23. The van der Waals surface area contributed by atoms with Crippen LogP contribution >= 0.6 is 0 Å². The van der Waals surface area contributed by atoms with E-state index < -0.39 is 0 Å². The van der Waals surface area contributed by atoms with Crippen LogP contribution in [0.5, 0.6) is 0 Å². The summed E-state index contributed by atoms with van der Waals surface area (Å²) in [6, 6.07) is 0.319. The Hall–Kier alpha value is -0.830. The van der Waals surface area contributed by atoms with Gasteiger partial charge in [-0.1, -0.05) is 13.8 Å². The predicted octanol–water partition coefficient (Wildman–Crippen LogP) is 2.34. The molecule has 1 aromatic heterocycles. The summed E-state index contributed by atoms with van der Waals surface area (Å²) in [5.41, 5.74) is 9.90. The van der Waals surface area contributed by atoms with Gasteiger partial charge in [-0.2, -0.15) is 5.10 Å². The van der Waals surface area contributed by atoms with Crippen molar-refractivity contribution in [3.05, 3.63) is 17.0 Å². The molecule has 0 amide bonds. The molecule has 0 bridgehead atoms. The first-order chi connectivity index (χ1) is 7.41. The van der Waals surface area contributed by atoms with Gasteiger partial charge in [-0.3, -0.25) is 4.68 Å². The van der Waals surface area contributed by atoms with Gasteiger partial charge in [-0.05, 0) is 44.6 Å². The third-order valence-corrected chi connectivity index (χ3v) is 3.20. The van der Waals surface area contributed by atoms with Crippen LogP contribution in [-0.4, -0.2) is 15.8 Å². The Morgan fingerprint density at radius 1 is 1.31 bits per heavy atom. The first-order valence-electron chi connectivity index (χ1n) is 6.16. The summed E-state index contributed by atoms with van der Waals surface area (Å²) in [4.78, 5) is 0. The number of aromatic nitrogens is 2. The molecule has 1 unspecified atom stereocenters. The number of aryl methyl sites for hydroxylation is 2. The van der Waals surface area contributed by atoms with E-state index in [9.17, 15) is 0 Å². The van der Waals surface area contributed by atoms with Gasteiger partial charge in [0.05, 0.1) is 5.69 Å². The highest BCUT2D eigenvalue weighted by Gasteiger charge is 2.11. The van der Waals surface area contributed by atoms with Gasteiger partial charge in [0.25, 0.3) is 0 Å². The number of hydrogen-bond acceptors (Lipinski definition) is 2. The molecule has 1 atom stereocenters. The smallest absolute Gasteiger partial charge is 0.0628 e. The van der Waals surface area contributed by atoms with Gasteiger partial charge in [-0.15, -0.1) is 0 Å². The molecule has 0 aromatic carbocycles. The van der Waals surface area contributed by atoms with Crippen molar-refractivity contribution in [1.82, 2.24) is 9.78 Å². The van der Waals surface area contributed by atoms with Crippen LogP contribution < -0.4 is 5.73 Å². The molecule has 0 aliphatic rings. The van der Waals surface area contributed by atoms with Crippen LogP contribution in [0.3, 0.4) is 0 Å². The minimum atomic E-state index is 0.319. The minimum absolute atomic E-state index is 0.319. The molecule has 3 heteroatoms. The number of nitrogens with two attached hydrogens (primary N) is 1. The highest BCUT2D eigenvalue weighted by Crippen LogP contribution is 2.16. The normalized spacial score (nSPS) is 13.4. The summed E-state index contributed by atoms with van der Waals surface area (Å²) in [5.74, 6) is 0.686. The molecule has 1 rings (SSSR count). The van der Waals surface area contributed by atoms with E-state index in [0.717, 1.165) is 25.0 Å². The Morgan fingerprint density at radius 2 is 1.94 bits per heavy atom. The Balaban J connectivity index is 2.54. The summed E-state index contributed by atoms with van der Waals surface area (Å²) < 4.78 is 1.96. The fourth-order valence-electron chi connectivity index (χ4n) is 2.23. The summed E-state index contributed by atoms with van der Waals surface area (Å²) in [5, 5.41) is 4.43. The topological polar surface area (TPSA) is 43.8 Å². The standard InChI is InChI=1S/C13H25N3/c1-9(2)8-12(14)6-7-13-10(3)15-16(5)11(13)4/h9,12H,6-8,14H2,1-5H3. The largest absolute Gasteiger partial charge is 0.328 e. The Labute approximate surface area is 99.0 Å². The van der Waals surface area contributed by atoms with Crippen molar-refractivity contribution in [1.29, 1.82) is 0 Å². The third kappa shape index (κ3) is 3.34. The quantitative estimate of drug-likeness (QED) is 0.832. The lowest BCUT2D eigenvalue weighted by molar-refractivity contribution is 0.473. The lowest BCUT2D eigenvalue weighted by atomic mass is 9.97. The van der Waals surface area contributed by atoms with E-state index in [1.54, 1.807) is 0 Å². The van der Waals surface area contributed by atoms with Gasteiger partial charge in [0.1, 0.15) is 0 Å². The van der Waals surface area contributed by atoms with Gasteiger partial charge in [-0.25, -0.2) is 0 Å². The van der Waals surface area contributed by atoms with Gasteiger partial charge >= 0.3 is 0 Å². The van der Waals surface area contributed by atoms with E-state index in [4.69, 9.17) is 5.73 Å². The van der Waals surface area contributed by atoms with E-state index >= 15 is 0 Å². The molecule has 0 fully saturated rings. The van der Waals surface area contributed by atoms with Gasteiger partial charge < -0.3 is 5.73 Å². The molecule has 1 heterocycles. The molecule has 1 aromatic rings. The highest BCUT2D eigenvalue weighted by molar-refractivity contribution is 5.24. The summed E-state index contributed by atoms with van der Waals surface area (Å²) >= 11 is 0. The first kappa shape index (κ1) is 13.2. The molecular formula is C13H25N3. The van der Waals surface area contributed by atoms with Crippen molar-refractivity contribution in [2.45, 2.75) is 53.0 Å². The summed E-state index contributed by atoms with van der Waals surface area (Å²) in [7, 11) is 2.00. The number of rotatable bonds is 5. The molecule has 0 aliphatic carbocycles. The molecule has 0 radical (unpaired) electrons. The molecular weight excluding hydrogens is 198 g/mol. The Morgan fingerprint density at radius 3 is 2.38 bits per heavy atom. The molecule has 0 spiro atoms. The first-order valence-corrected chi connectivity index (χ1v) is 6.16. The number of nitrogens with zero attached hydrogens (tertiary/aromatic N) is 2. The van der Waals surface area contributed by atoms with Crippen molar-refractivity contribution in [2.75, 3.05) is 0 Å². The monoisotopic (exact) mass is 223 g/mol. The van der Waals surface area contributed by atoms with E-state index in [1.807, 2.05) is 11.7 Å². The van der Waals surface area contributed by atoms with Crippen LogP contribution in [-0.2, 0) is 13.5 Å². The second kappa shape index (κ2) is 5.48. The maximum absolute atomic E-state index is 6.10. The predicted molar refractivity (Wildman–Crippen MR) is 68.4 cm³/mol. The van der Waals surface area contributed by atoms with Crippen LogP contribution in [0.1, 0.15) is 43.6 Å². The van der Waals surface area contributed by atoms with Crippen LogP contribution in [0.25, 0.3) is 0 Å². The SMILES string of the molecule is Cc1nn(C)c(C)c1CCC(N)CC(C)C. The molecule has 0 saturated heterocycles. The molecule has 3 nitrogen and oxygen atoms in total. The van der Waals surface area contributed by atoms with E-state index in [2.05, 4.69) is 32.8 Å². The lowest BCUT2D eigenvalue weighted by Gasteiger charge is -2.13. The molecule has 0 saturated carbocycles. The molecule has 2 N–H and O–H groups in total. The Bertz CT molecular complexity index is 339. The van der Waals surface area contributed by atoms with Gasteiger partial charge in [0.15, 0.2) is 0 Å². The summed E-state index contributed by atoms with van der Waals surface area (Å²) in [6.45, 7) is 8.65. The fraction of sp³-hybridized carbons (Fsp3) is 0.769. The second-order valence-electron chi connectivity index (χ2n) is 5.20. The van der Waals surface area contributed by atoms with E-state index in [1.165, 1.54) is 11.3 Å². The average Bonchev–Trinajstić information content (AvgIpc) is 2.38. The van der Waals surface area contributed by atoms with Crippen molar-refractivity contribution in [3.8, 4) is 0 Å². The fourth-order valence-corrected chi connectivity index (χ4v) is 2.23. The van der Waals surface area contributed by atoms with Crippen LogP contribution in [0.15, 0.2) is 0 Å².